The van der Waals surface area contributed by atoms with Gasteiger partial charge in [0.05, 0.1) is 45.6 Å². The Morgan fingerprint density at radius 3 is 0.965 bits per heavy atom. The first-order valence-corrected chi connectivity index (χ1v) is 57.0. The summed E-state index contributed by atoms with van der Waals surface area (Å²) in [6.45, 7) is 20.5. The fourth-order valence-corrected chi connectivity index (χ4v) is 34.7. The number of halogens is 11. The molecule has 6 heterocycles. The summed E-state index contributed by atoms with van der Waals surface area (Å²) in [7, 11) is -13.2. The maximum atomic E-state index is 13.9. The smallest absolute Gasteiger partial charge is 0.432 e. The van der Waals surface area contributed by atoms with E-state index >= 15 is 0 Å². The van der Waals surface area contributed by atoms with Crippen LogP contribution in [0.15, 0.2) is 138 Å². The number of aromatic carboxylic acids is 2. The van der Waals surface area contributed by atoms with Crippen LogP contribution in [0.5, 0.6) is 0 Å². The van der Waals surface area contributed by atoms with E-state index in [1.165, 1.54) is 101 Å². The van der Waals surface area contributed by atoms with E-state index in [-0.39, 0.29) is 67.4 Å². The number of ether oxygens (including phenoxy) is 6. The van der Waals surface area contributed by atoms with Crippen molar-refractivity contribution in [2.24, 2.45) is 93.7 Å². The fourth-order valence-electron chi connectivity index (χ4n) is 26.5. The van der Waals surface area contributed by atoms with Crippen molar-refractivity contribution in [2.45, 2.75) is 331 Å². The number of esters is 6. The van der Waals surface area contributed by atoms with E-state index in [1.807, 2.05) is 0 Å². The number of rotatable bonds is 17. The monoisotopic (exact) mass is 2260 g/mol. The Bertz CT molecular complexity index is 5270. The molecule has 12 saturated carbocycles. The van der Waals surface area contributed by atoms with Gasteiger partial charge in [0.25, 0.3) is 12.2 Å². The summed E-state index contributed by atoms with van der Waals surface area (Å²) in [6.07, 6.45) is 2.57. The molecule has 18 aliphatic rings. The SMILES string of the molecule is C1CC2CCCC(C1)S2.CC(C)(C)c1ccc([I+]c2ccc(C(C)(C)C)cc2)cc1.CC(C)(C)c1ccc([S+]2C3CCCC2CCC3)cc1.O=C(O)c1ccccc1.O=C(O)c1ccccc1.O=C1OC2C3CC(C2OC(=O)C24CC5CC(CC(C5)C2)C4)C(C(=O)OC(C(F)(F)F)C(F)(F)S(=O)(=O)[O-])C13.O=C1OC2C3CC(C2OC(=O)C24CC5CC(CC(C5)C2)C4)C(C(=O)OC(C(F)(F)F)C(F)(F)S(=O)(=O)[O-])C13.[Cu]. The van der Waals surface area contributed by atoms with Crippen LogP contribution in [0.3, 0.4) is 0 Å². The standard InChI is InChI=1S/2C23H25F5O9S.C20H26I.C18H27S.C8H14S.2C7H6O2.Cu/c2*24-22(25,26)19(23(27,28)38(32,33)34)37-18(30)14-12-4-11-13(14)17(29)35-15(11)16(12)36-20(31)21-5-8-1-9(6-21)3-10(2-8)7-21;1-19(2,3)15-7-11-17(12-8-15)21-18-13-9-16(10-14-18)20(4,5)6;1-18(2,3)14-10-12-17(13-11-14)19-15-6-4-7-16(19)9-5-8-15;1-3-7-5-2-6-8(4-1)9-7;2*8-7(9)6-4-2-1-3-5-6;/h2*8-16,19H,1-7H2,(H,32,33,34);7-14H,1-6H3;10-13,15-16H,4-9H2,1-3H3;7-8H,1-6H2;2*1-5H,(H,8,9);/q;;2*+1;;;;/p-2. The van der Waals surface area contributed by atoms with Gasteiger partial charge < -0.3 is 47.7 Å². The first-order valence-electron chi connectivity index (χ1n) is 49.8. The number of carbonyl (C=O) groups excluding carboxylic acids is 6. The topological polar surface area (TPSA) is 347 Å². The zero-order chi connectivity index (χ0) is 104. The Labute approximate surface area is 862 Å². The third-order valence-electron chi connectivity index (χ3n) is 32.4. The van der Waals surface area contributed by atoms with Gasteiger partial charge in [-0.2, -0.15) is 55.7 Å². The summed E-state index contributed by atoms with van der Waals surface area (Å²) >= 11 is 2.20. The molecule has 6 aliphatic heterocycles. The van der Waals surface area contributed by atoms with Gasteiger partial charge in [-0.15, -0.1) is 0 Å². The molecule has 0 amide bonds. The molecule has 2 N–H and O–H groups in total. The van der Waals surface area contributed by atoms with Crippen molar-refractivity contribution in [3.05, 3.63) is 168 Å². The molecule has 22 nitrogen and oxygen atoms in total. The summed E-state index contributed by atoms with van der Waals surface area (Å²) in [6, 6.07) is 44.6. The van der Waals surface area contributed by atoms with Crippen molar-refractivity contribution in [1.29, 1.82) is 0 Å². The maximum Gasteiger partial charge on any atom is 0.432 e. The summed E-state index contributed by atoms with van der Waals surface area (Å²) in [5.41, 5.74) is 4.29. The molecule has 38 heteroatoms. The molecular formula is C106H127CuF10IO22S4. The minimum Gasteiger partial charge on any atom is -0.743 e. The van der Waals surface area contributed by atoms with Crippen molar-refractivity contribution in [2.75, 3.05) is 0 Å². The Balaban J connectivity index is 0.000000143. The maximum absolute atomic E-state index is 13.9. The molecule has 5 aromatic carbocycles. The number of carboxylic acid groups (broad SMARTS) is 2. The molecule has 12 aliphatic carbocycles. The number of carboxylic acids is 2. The number of hydrogen-bond acceptors (Lipinski definition) is 21. The summed E-state index contributed by atoms with van der Waals surface area (Å²) in [4.78, 5) is 99.8. The molecular weight excluding hydrogens is 2130 g/mol. The minimum atomic E-state index is -6.88. The Morgan fingerprint density at radius 2 is 0.708 bits per heavy atom. The number of fused-ring (bicyclic) bond motifs is 6. The molecule has 14 unspecified atom stereocenters. The van der Waals surface area contributed by atoms with Crippen molar-refractivity contribution >= 4 is 90.6 Å². The van der Waals surface area contributed by atoms with Crippen LogP contribution in [0.1, 0.15) is 267 Å². The van der Waals surface area contributed by atoms with Crippen LogP contribution in [0, 0.1) is 101 Å². The Hall–Kier alpha value is -7.07. The fraction of sp³-hybridized carbons (Fsp3) is 0.642. The van der Waals surface area contributed by atoms with E-state index in [4.69, 9.17) is 29.2 Å². The number of benzene rings is 5. The van der Waals surface area contributed by atoms with Gasteiger partial charge in [0, 0.05) is 62.1 Å². The number of hydrogen-bond donors (Lipinski definition) is 2. The average Bonchev–Trinajstić information content (AvgIpc) is 1.57. The van der Waals surface area contributed by atoms with Gasteiger partial charge in [-0.25, -0.2) is 26.4 Å². The normalized spacial score (nSPS) is 32.8. The first-order chi connectivity index (χ1) is 66.8. The van der Waals surface area contributed by atoms with E-state index in [1.54, 1.807) is 65.6 Å². The van der Waals surface area contributed by atoms with Gasteiger partial charge in [-0.3, -0.25) is 28.8 Å². The van der Waals surface area contributed by atoms with Crippen LogP contribution < -0.4 is 21.2 Å². The molecule has 0 spiro atoms. The predicted molar refractivity (Wildman–Crippen MR) is 502 cm³/mol. The molecule has 144 heavy (non-hydrogen) atoms. The van der Waals surface area contributed by atoms with E-state index in [9.17, 15) is 108 Å². The molecule has 6 saturated heterocycles. The molecule has 5 aromatic rings. The Kier molecular flexibility index (Phi) is 34.2. The largest absolute Gasteiger partial charge is 0.743 e. The summed E-state index contributed by atoms with van der Waals surface area (Å²) < 4.78 is 234. The van der Waals surface area contributed by atoms with E-state index < -0.39 is 186 Å². The molecule has 18 fully saturated rings. The third kappa shape index (κ3) is 24.7. The summed E-state index contributed by atoms with van der Waals surface area (Å²) in [5, 5.41) is 8.89. The van der Waals surface area contributed by atoms with Crippen LogP contribution >= 0.6 is 11.8 Å². The molecule has 23 rings (SSSR count). The molecule has 16 bridgehead atoms. The van der Waals surface area contributed by atoms with Crippen molar-refractivity contribution in [1.82, 2.24) is 0 Å². The van der Waals surface area contributed by atoms with E-state index in [0.29, 0.717) is 96.1 Å². The van der Waals surface area contributed by atoms with E-state index in [0.717, 1.165) is 59.5 Å². The van der Waals surface area contributed by atoms with Gasteiger partial charge in [-0.05, 0) is 283 Å². The van der Waals surface area contributed by atoms with Crippen molar-refractivity contribution < 1.29 is 185 Å². The van der Waals surface area contributed by atoms with Gasteiger partial charge in [0.15, 0.2) is 32.3 Å². The average molecular weight is 2260 g/mol. The number of alkyl halides is 10. The predicted octanol–water partition coefficient (Wildman–Crippen LogP) is 18.1. The summed E-state index contributed by atoms with van der Waals surface area (Å²) in [5.74, 6) is -15.9. The van der Waals surface area contributed by atoms with Crippen molar-refractivity contribution in [3.8, 4) is 0 Å². The van der Waals surface area contributed by atoms with Crippen LogP contribution in [0.2, 0.25) is 0 Å². The molecule has 14 atom stereocenters. The van der Waals surface area contributed by atoms with Crippen LogP contribution in [-0.2, 0) is 122 Å². The van der Waals surface area contributed by atoms with Gasteiger partial charge in [0.1, 0.15) is 34.9 Å². The Morgan fingerprint density at radius 1 is 0.424 bits per heavy atom. The molecule has 1 radical (unpaired) electrons. The number of carbonyl (C=O) groups is 8. The quantitative estimate of drug-likeness (QED) is 0.0166. The van der Waals surface area contributed by atoms with Gasteiger partial charge in [-0.1, -0.05) is 148 Å². The van der Waals surface area contributed by atoms with Crippen LogP contribution in [0.4, 0.5) is 43.9 Å². The van der Waals surface area contributed by atoms with Crippen LogP contribution in [0.25, 0.3) is 0 Å². The number of thioether (sulfide) groups is 1. The van der Waals surface area contributed by atoms with Gasteiger partial charge in [0.2, 0.25) is 0 Å². The third-order valence-corrected chi connectivity index (χ3v) is 41.7. The molecule has 0 aromatic heterocycles. The van der Waals surface area contributed by atoms with Gasteiger partial charge >= 0.3 is 91.8 Å². The minimum absolute atomic E-state index is 0. The van der Waals surface area contributed by atoms with Crippen LogP contribution in [-0.4, -0.2) is 164 Å². The zero-order valence-corrected chi connectivity index (χ0v) is 88.0. The molecule has 795 valence electrons. The second-order valence-electron chi connectivity index (χ2n) is 45.4. The van der Waals surface area contributed by atoms with Crippen molar-refractivity contribution in [3.63, 3.8) is 0 Å². The van der Waals surface area contributed by atoms with E-state index in [2.05, 4.69) is 156 Å². The first kappa shape index (κ1) is 113. The second-order valence-corrected chi connectivity index (χ2v) is 55.5. The second kappa shape index (κ2) is 43.7. The zero-order valence-electron chi connectivity index (χ0n) is 81.6.